The van der Waals surface area contributed by atoms with E-state index < -0.39 is 5.60 Å². The fourth-order valence-corrected chi connectivity index (χ4v) is 5.37. The number of nitrogens with zero attached hydrogens (tertiary/aromatic N) is 2. The largest absolute Gasteiger partial charge is 0.458 e. The molecule has 0 saturated heterocycles. The van der Waals surface area contributed by atoms with Crippen molar-refractivity contribution >= 4 is 5.97 Å². The van der Waals surface area contributed by atoms with E-state index in [2.05, 4.69) is 35.9 Å². The number of rotatable bonds is 10. The predicted octanol–water partition coefficient (Wildman–Crippen LogP) is 7.47. The van der Waals surface area contributed by atoms with Crippen LogP contribution in [-0.2, 0) is 27.2 Å². The molecular weight excluding hydrogens is 479 g/mol. The fourth-order valence-electron chi connectivity index (χ4n) is 5.37. The maximum Gasteiger partial charge on any atom is 0.332 e. The lowest BCUT2D eigenvalue weighted by atomic mass is 9.82. The van der Waals surface area contributed by atoms with E-state index in [0.29, 0.717) is 18.4 Å². The van der Waals surface area contributed by atoms with E-state index in [0.717, 1.165) is 73.1 Å². The average Bonchev–Trinajstić information content (AvgIpc) is 3.22. The molecule has 0 amide bonds. The Kier molecular flexibility index (Phi) is 9.37. The Morgan fingerprint density at radius 3 is 2.26 bits per heavy atom. The van der Waals surface area contributed by atoms with Gasteiger partial charge in [0.05, 0.1) is 18.0 Å². The first-order valence-corrected chi connectivity index (χ1v) is 13.9. The Hall–Kier alpha value is -2.99. The Morgan fingerprint density at radius 2 is 1.63 bits per heavy atom. The third-order valence-corrected chi connectivity index (χ3v) is 7.08. The first-order chi connectivity index (χ1) is 18.2. The molecule has 0 spiro atoms. The second-order valence-electron chi connectivity index (χ2n) is 11.5. The molecule has 1 fully saturated rings. The molecule has 6 heteroatoms. The molecule has 1 heterocycles. The van der Waals surface area contributed by atoms with Crippen LogP contribution in [0.25, 0.3) is 22.4 Å². The first kappa shape index (κ1) is 28.0. The van der Waals surface area contributed by atoms with Crippen LogP contribution in [0.3, 0.4) is 0 Å². The van der Waals surface area contributed by atoms with Gasteiger partial charge < -0.3 is 9.47 Å². The standard InChI is InChI=1S/C32H41FN2O3/c1-5-9-28-30(25-10-7-6-8-11-25)31(26-16-18-27(33)19-17-26)35(34-28)20-23-12-14-24(15-13-23)21-37-22-29(36)38-32(2,3)4/h6-8,10-11,16-19,23-24H,5,9,12-15,20-22H2,1-4H3/t23-,24-. The van der Waals surface area contributed by atoms with Gasteiger partial charge in [-0.05, 0) is 94.5 Å². The fraction of sp³-hybridized carbons (Fsp3) is 0.500. The topological polar surface area (TPSA) is 53.4 Å². The second kappa shape index (κ2) is 12.7. The Balaban J connectivity index is 1.47. The maximum atomic E-state index is 13.8. The number of hydrogen-bond donors (Lipinski definition) is 0. The maximum absolute atomic E-state index is 13.8. The van der Waals surface area contributed by atoms with Crippen molar-refractivity contribution < 1.29 is 18.7 Å². The lowest BCUT2D eigenvalue weighted by molar-refractivity contribution is -0.160. The molecule has 204 valence electrons. The molecule has 0 N–H and O–H groups in total. The number of carbonyl (C=O) groups excluding carboxylic acids is 1. The van der Waals surface area contributed by atoms with Gasteiger partial charge in [0.15, 0.2) is 0 Å². The Bertz CT molecular complexity index is 1170. The highest BCUT2D eigenvalue weighted by Gasteiger charge is 2.26. The summed E-state index contributed by atoms with van der Waals surface area (Å²) in [4.78, 5) is 11.9. The molecular formula is C32H41FN2O3. The number of esters is 1. The van der Waals surface area contributed by atoms with Crippen LogP contribution in [0, 0.1) is 17.7 Å². The van der Waals surface area contributed by atoms with Crippen molar-refractivity contribution in [2.75, 3.05) is 13.2 Å². The highest BCUT2D eigenvalue weighted by Crippen LogP contribution is 2.38. The lowest BCUT2D eigenvalue weighted by Gasteiger charge is -2.29. The molecule has 2 aromatic carbocycles. The van der Waals surface area contributed by atoms with Gasteiger partial charge in [-0.25, -0.2) is 9.18 Å². The zero-order valence-electron chi connectivity index (χ0n) is 23.2. The van der Waals surface area contributed by atoms with Crippen molar-refractivity contribution in [2.45, 2.75) is 78.4 Å². The first-order valence-electron chi connectivity index (χ1n) is 13.9. The number of aromatic nitrogens is 2. The van der Waals surface area contributed by atoms with Crippen molar-refractivity contribution in [1.82, 2.24) is 9.78 Å². The number of benzene rings is 2. The summed E-state index contributed by atoms with van der Waals surface area (Å²) in [5.41, 5.74) is 4.97. The summed E-state index contributed by atoms with van der Waals surface area (Å²) < 4.78 is 27.0. The quantitative estimate of drug-likeness (QED) is 0.260. The predicted molar refractivity (Wildman–Crippen MR) is 149 cm³/mol. The van der Waals surface area contributed by atoms with Crippen LogP contribution in [0.4, 0.5) is 4.39 Å². The van der Waals surface area contributed by atoms with Crippen molar-refractivity contribution in [3.8, 4) is 22.4 Å². The van der Waals surface area contributed by atoms with E-state index in [1.807, 2.05) is 39.0 Å². The van der Waals surface area contributed by atoms with E-state index in [-0.39, 0.29) is 18.4 Å². The average molecular weight is 521 g/mol. The molecule has 0 unspecified atom stereocenters. The summed E-state index contributed by atoms with van der Waals surface area (Å²) in [6.45, 7) is 9.20. The smallest absolute Gasteiger partial charge is 0.332 e. The van der Waals surface area contributed by atoms with Crippen LogP contribution in [0.1, 0.15) is 65.5 Å². The number of hydrogen-bond acceptors (Lipinski definition) is 4. The third-order valence-electron chi connectivity index (χ3n) is 7.08. The van der Waals surface area contributed by atoms with Crippen LogP contribution < -0.4 is 0 Å². The lowest BCUT2D eigenvalue weighted by Crippen LogP contribution is -2.28. The van der Waals surface area contributed by atoms with E-state index in [4.69, 9.17) is 14.6 Å². The summed E-state index contributed by atoms with van der Waals surface area (Å²) in [6.07, 6.45) is 6.22. The molecule has 1 aliphatic carbocycles. The minimum Gasteiger partial charge on any atom is -0.458 e. The van der Waals surface area contributed by atoms with E-state index in [1.54, 1.807) is 0 Å². The highest BCUT2D eigenvalue weighted by molar-refractivity contribution is 5.83. The number of ether oxygens (including phenoxy) is 2. The number of halogens is 1. The van der Waals surface area contributed by atoms with E-state index in [1.165, 1.54) is 12.1 Å². The SMILES string of the molecule is CCCc1nn(C[C@H]2CC[C@H](COCC(=O)OC(C)(C)C)CC2)c(-c2ccc(F)cc2)c1-c1ccccc1. The molecule has 1 saturated carbocycles. The molecule has 0 atom stereocenters. The Labute approximate surface area is 226 Å². The molecule has 1 aromatic heterocycles. The van der Waals surface area contributed by atoms with Crippen molar-refractivity contribution in [3.05, 3.63) is 66.1 Å². The third kappa shape index (κ3) is 7.53. The van der Waals surface area contributed by atoms with Crippen LogP contribution in [0.2, 0.25) is 0 Å². The molecule has 3 aromatic rings. The second-order valence-corrected chi connectivity index (χ2v) is 11.5. The zero-order valence-corrected chi connectivity index (χ0v) is 23.2. The van der Waals surface area contributed by atoms with Gasteiger partial charge in [-0.2, -0.15) is 5.10 Å². The van der Waals surface area contributed by atoms with Gasteiger partial charge in [0, 0.05) is 17.7 Å². The highest BCUT2D eigenvalue weighted by atomic mass is 19.1. The monoisotopic (exact) mass is 520 g/mol. The molecule has 0 radical (unpaired) electrons. The molecule has 1 aliphatic rings. The Morgan fingerprint density at radius 1 is 0.974 bits per heavy atom. The van der Waals surface area contributed by atoms with Gasteiger partial charge in [0.2, 0.25) is 0 Å². The summed E-state index contributed by atoms with van der Waals surface area (Å²) in [6, 6.07) is 17.2. The molecule has 38 heavy (non-hydrogen) atoms. The van der Waals surface area contributed by atoms with Gasteiger partial charge in [0.25, 0.3) is 0 Å². The van der Waals surface area contributed by atoms with Crippen molar-refractivity contribution in [3.63, 3.8) is 0 Å². The normalized spacial score (nSPS) is 17.9. The van der Waals surface area contributed by atoms with E-state index >= 15 is 0 Å². The zero-order chi connectivity index (χ0) is 27.1. The van der Waals surface area contributed by atoms with Gasteiger partial charge in [-0.3, -0.25) is 4.68 Å². The molecule has 4 rings (SSSR count). The van der Waals surface area contributed by atoms with Crippen molar-refractivity contribution in [2.24, 2.45) is 11.8 Å². The van der Waals surface area contributed by atoms with Crippen LogP contribution >= 0.6 is 0 Å². The minimum atomic E-state index is -0.491. The molecule has 5 nitrogen and oxygen atoms in total. The van der Waals surface area contributed by atoms with Gasteiger partial charge in [-0.15, -0.1) is 0 Å². The van der Waals surface area contributed by atoms with E-state index in [9.17, 15) is 9.18 Å². The van der Waals surface area contributed by atoms with Crippen molar-refractivity contribution in [1.29, 1.82) is 0 Å². The van der Waals surface area contributed by atoms with Crippen LogP contribution in [0.5, 0.6) is 0 Å². The molecule has 0 bridgehead atoms. The molecule has 0 aliphatic heterocycles. The summed E-state index contributed by atoms with van der Waals surface area (Å²) in [5, 5.41) is 5.13. The summed E-state index contributed by atoms with van der Waals surface area (Å²) >= 11 is 0. The number of carbonyl (C=O) groups is 1. The summed E-state index contributed by atoms with van der Waals surface area (Å²) in [5.74, 6) is 0.421. The van der Waals surface area contributed by atoms with Gasteiger partial charge >= 0.3 is 5.97 Å². The van der Waals surface area contributed by atoms with Gasteiger partial charge in [-0.1, -0.05) is 43.7 Å². The number of aryl methyl sites for hydroxylation is 1. The van der Waals surface area contributed by atoms with Gasteiger partial charge in [0.1, 0.15) is 18.0 Å². The summed E-state index contributed by atoms with van der Waals surface area (Å²) in [7, 11) is 0. The minimum absolute atomic E-state index is 0.00792. The van der Waals surface area contributed by atoms with Crippen LogP contribution in [0.15, 0.2) is 54.6 Å². The van der Waals surface area contributed by atoms with Crippen LogP contribution in [-0.4, -0.2) is 34.6 Å².